The second kappa shape index (κ2) is 8.48. The smallest absolute Gasteiger partial charge is 0.223 e. The van der Waals surface area contributed by atoms with Crippen molar-refractivity contribution in [2.75, 3.05) is 32.7 Å². The Morgan fingerprint density at radius 2 is 1.89 bits per heavy atom. The van der Waals surface area contributed by atoms with Crippen molar-refractivity contribution in [2.45, 2.75) is 46.1 Å². The standard InChI is InChI=1S/C14H29N3O/c1-4-7-15-8-9-16-14(18)13-5-10-17(11-6-13)12(2)3/h12-13,15H,4-11H2,1-3H3,(H,16,18). The lowest BCUT2D eigenvalue weighted by molar-refractivity contribution is -0.126. The lowest BCUT2D eigenvalue weighted by Crippen LogP contribution is -2.44. The van der Waals surface area contributed by atoms with E-state index in [1.54, 1.807) is 0 Å². The van der Waals surface area contributed by atoms with Crippen LogP contribution < -0.4 is 10.6 Å². The van der Waals surface area contributed by atoms with Gasteiger partial charge < -0.3 is 15.5 Å². The Hall–Kier alpha value is -0.610. The van der Waals surface area contributed by atoms with E-state index in [0.717, 1.165) is 52.0 Å². The number of hydrogen-bond acceptors (Lipinski definition) is 3. The Kier molecular flexibility index (Phi) is 7.28. The molecule has 1 saturated heterocycles. The van der Waals surface area contributed by atoms with Gasteiger partial charge in [0.1, 0.15) is 0 Å². The molecule has 1 fully saturated rings. The van der Waals surface area contributed by atoms with Gasteiger partial charge in [0.15, 0.2) is 0 Å². The number of amides is 1. The zero-order valence-electron chi connectivity index (χ0n) is 12.2. The van der Waals surface area contributed by atoms with Crippen LogP contribution in [0.25, 0.3) is 0 Å². The van der Waals surface area contributed by atoms with Crippen LogP contribution in [0.4, 0.5) is 0 Å². The fourth-order valence-electron chi connectivity index (χ4n) is 2.40. The van der Waals surface area contributed by atoms with E-state index < -0.39 is 0 Å². The monoisotopic (exact) mass is 255 g/mol. The van der Waals surface area contributed by atoms with E-state index >= 15 is 0 Å². The van der Waals surface area contributed by atoms with Crippen LogP contribution in [0.3, 0.4) is 0 Å². The first-order valence-corrected chi connectivity index (χ1v) is 7.37. The summed E-state index contributed by atoms with van der Waals surface area (Å²) in [6.45, 7) is 11.4. The third-order valence-corrected chi connectivity index (χ3v) is 3.66. The fraction of sp³-hybridized carbons (Fsp3) is 0.929. The number of likely N-dealkylation sites (tertiary alicyclic amines) is 1. The summed E-state index contributed by atoms with van der Waals surface area (Å²) in [5.74, 6) is 0.475. The van der Waals surface area contributed by atoms with E-state index in [4.69, 9.17) is 0 Å². The Bertz CT molecular complexity index is 235. The average molecular weight is 255 g/mol. The molecule has 106 valence electrons. The van der Waals surface area contributed by atoms with E-state index in [1.165, 1.54) is 0 Å². The summed E-state index contributed by atoms with van der Waals surface area (Å²) in [5.41, 5.74) is 0. The number of rotatable bonds is 7. The largest absolute Gasteiger partial charge is 0.355 e. The third kappa shape index (κ3) is 5.36. The second-order valence-electron chi connectivity index (χ2n) is 5.45. The van der Waals surface area contributed by atoms with Gasteiger partial charge in [0.05, 0.1) is 0 Å². The summed E-state index contributed by atoms with van der Waals surface area (Å²) < 4.78 is 0. The second-order valence-corrected chi connectivity index (χ2v) is 5.45. The topological polar surface area (TPSA) is 44.4 Å². The molecule has 0 bridgehead atoms. The van der Waals surface area contributed by atoms with Crippen LogP contribution in [-0.4, -0.2) is 49.6 Å². The quantitative estimate of drug-likeness (QED) is 0.672. The van der Waals surface area contributed by atoms with Crippen molar-refractivity contribution in [1.29, 1.82) is 0 Å². The van der Waals surface area contributed by atoms with Gasteiger partial charge >= 0.3 is 0 Å². The fourth-order valence-corrected chi connectivity index (χ4v) is 2.40. The van der Waals surface area contributed by atoms with Gasteiger partial charge in [-0.05, 0) is 52.7 Å². The molecule has 0 unspecified atom stereocenters. The number of nitrogens with zero attached hydrogens (tertiary/aromatic N) is 1. The predicted molar refractivity (Wildman–Crippen MR) is 75.6 cm³/mol. The first kappa shape index (κ1) is 15.4. The van der Waals surface area contributed by atoms with Crippen molar-refractivity contribution in [2.24, 2.45) is 5.92 Å². The van der Waals surface area contributed by atoms with Gasteiger partial charge in [-0.25, -0.2) is 0 Å². The molecule has 1 amide bonds. The molecule has 0 saturated carbocycles. The molecular weight excluding hydrogens is 226 g/mol. The van der Waals surface area contributed by atoms with Gasteiger partial charge in [-0.1, -0.05) is 6.92 Å². The van der Waals surface area contributed by atoms with Crippen molar-refractivity contribution in [3.05, 3.63) is 0 Å². The molecule has 0 aromatic heterocycles. The minimum atomic E-state index is 0.228. The molecule has 1 heterocycles. The molecule has 1 aliphatic heterocycles. The first-order valence-electron chi connectivity index (χ1n) is 7.37. The lowest BCUT2D eigenvalue weighted by Gasteiger charge is -2.33. The van der Waals surface area contributed by atoms with Crippen LogP contribution in [0.15, 0.2) is 0 Å². The zero-order chi connectivity index (χ0) is 13.4. The Labute approximate surface area is 111 Å². The van der Waals surface area contributed by atoms with E-state index in [-0.39, 0.29) is 11.8 Å². The van der Waals surface area contributed by atoms with Gasteiger partial charge in [-0.2, -0.15) is 0 Å². The first-order chi connectivity index (χ1) is 8.65. The van der Waals surface area contributed by atoms with E-state index in [9.17, 15) is 4.79 Å². The lowest BCUT2D eigenvalue weighted by atomic mass is 9.95. The number of carbonyl (C=O) groups excluding carboxylic acids is 1. The average Bonchev–Trinajstić information content (AvgIpc) is 2.38. The van der Waals surface area contributed by atoms with Crippen LogP contribution in [0.1, 0.15) is 40.0 Å². The van der Waals surface area contributed by atoms with Crippen LogP contribution in [0.2, 0.25) is 0 Å². The summed E-state index contributed by atoms with van der Waals surface area (Å²) >= 11 is 0. The van der Waals surface area contributed by atoms with Gasteiger partial charge in [0.2, 0.25) is 5.91 Å². The summed E-state index contributed by atoms with van der Waals surface area (Å²) in [4.78, 5) is 14.4. The molecule has 0 radical (unpaired) electrons. The van der Waals surface area contributed by atoms with Gasteiger partial charge in [-0.15, -0.1) is 0 Å². The van der Waals surface area contributed by atoms with Crippen molar-refractivity contribution < 1.29 is 4.79 Å². The van der Waals surface area contributed by atoms with Gasteiger partial charge in [-0.3, -0.25) is 4.79 Å². The molecule has 0 aromatic carbocycles. The molecule has 1 rings (SSSR count). The normalized spacial score (nSPS) is 18.2. The van der Waals surface area contributed by atoms with Crippen LogP contribution >= 0.6 is 0 Å². The van der Waals surface area contributed by atoms with Crippen molar-refractivity contribution in [3.8, 4) is 0 Å². The number of piperidine rings is 1. The maximum absolute atomic E-state index is 11.9. The SMILES string of the molecule is CCCNCCNC(=O)C1CCN(C(C)C)CC1. The molecule has 1 aliphatic rings. The molecule has 2 N–H and O–H groups in total. The van der Waals surface area contributed by atoms with Crippen LogP contribution in [-0.2, 0) is 4.79 Å². The Balaban J connectivity index is 2.12. The number of nitrogens with one attached hydrogen (secondary N) is 2. The van der Waals surface area contributed by atoms with Gasteiger partial charge in [0, 0.05) is 25.0 Å². The van der Waals surface area contributed by atoms with Crippen molar-refractivity contribution in [1.82, 2.24) is 15.5 Å². The van der Waals surface area contributed by atoms with E-state index in [1.807, 2.05) is 0 Å². The molecule has 0 aliphatic carbocycles. The Morgan fingerprint density at radius 3 is 2.44 bits per heavy atom. The van der Waals surface area contributed by atoms with Crippen LogP contribution in [0, 0.1) is 5.92 Å². The third-order valence-electron chi connectivity index (χ3n) is 3.66. The van der Waals surface area contributed by atoms with E-state index in [2.05, 4.69) is 36.3 Å². The highest BCUT2D eigenvalue weighted by molar-refractivity contribution is 5.78. The summed E-state index contributed by atoms with van der Waals surface area (Å²) in [5, 5.41) is 6.33. The predicted octanol–water partition coefficient (Wildman–Crippen LogP) is 1.22. The van der Waals surface area contributed by atoms with Gasteiger partial charge in [0.25, 0.3) is 0 Å². The molecule has 4 heteroatoms. The molecular formula is C14H29N3O. The van der Waals surface area contributed by atoms with Crippen LogP contribution in [0.5, 0.6) is 0 Å². The molecule has 18 heavy (non-hydrogen) atoms. The van der Waals surface area contributed by atoms with Crippen molar-refractivity contribution >= 4 is 5.91 Å². The highest BCUT2D eigenvalue weighted by Crippen LogP contribution is 2.18. The highest BCUT2D eigenvalue weighted by atomic mass is 16.1. The Morgan fingerprint density at radius 1 is 1.22 bits per heavy atom. The van der Waals surface area contributed by atoms with E-state index in [0.29, 0.717) is 6.04 Å². The summed E-state index contributed by atoms with van der Waals surface area (Å²) in [6.07, 6.45) is 3.15. The maximum Gasteiger partial charge on any atom is 0.223 e. The minimum Gasteiger partial charge on any atom is -0.355 e. The summed E-state index contributed by atoms with van der Waals surface area (Å²) in [7, 11) is 0. The number of hydrogen-bond donors (Lipinski definition) is 2. The molecule has 0 spiro atoms. The minimum absolute atomic E-state index is 0.228. The number of carbonyl (C=O) groups is 1. The highest BCUT2D eigenvalue weighted by Gasteiger charge is 2.25. The summed E-state index contributed by atoms with van der Waals surface area (Å²) in [6, 6.07) is 0.604. The maximum atomic E-state index is 11.9. The molecule has 0 atom stereocenters. The molecule has 0 aromatic rings. The zero-order valence-corrected chi connectivity index (χ0v) is 12.2. The van der Waals surface area contributed by atoms with Crippen molar-refractivity contribution in [3.63, 3.8) is 0 Å². The molecule has 4 nitrogen and oxygen atoms in total.